The lowest BCUT2D eigenvalue weighted by molar-refractivity contribution is 0.102. The van der Waals surface area contributed by atoms with Crippen molar-refractivity contribution in [1.29, 1.82) is 0 Å². The number of rotatable bonds is 3. The van der Waals surface area contributed by atoms with E-state index in [2.05, 4.69) is 44.6 Å². The third-order valence-electron chi connectivity index (χ3n) is 4.49. The summed E-state index contributed by atoms with van der Waals surface area (Å²) in [6.45, 7) is 7.14. The van der Waals surface area contributed by atoms with Gasteiger partial charge in [-0.25, -0.2) is 0 Å². The van der Waals surface area contributed by atoms with Crippen LogP contribution in [0.15, 0.2) is 11.4 Å². The minimum absolute atomic E-state index is 0.475. The van der Waals surface area contributed by atoms with Crippen LogP contribution < -0.4 is 5.32 Å². The SMILES string of the molecule is CNC(c1sccc1C)C1CCCCC1(C)C. The maximum Gasteiger partial charge on any atom is 0.0448 e. The van der Waals surface area contributed by atoms with Crippen LogP contribution in [0.4, 0.5) is 0 Å². The van der Waals surface area contributed by atoms with Crippen molar-refractivity contribution in [2.75, 3.05) is 7.05 Å². The van der Waals surface area contributed by atoms with Crippen LogP contribution in [-0.4, -0.2) is 7.05 Å². The van der Waals surface area contributed by atoms with Gasteiger partial charge in [-0.3, -0.25) is 0 Å². The molecule has 1 aliphatic rings. The molecule has 1 N–H and O–H groups in total. The number of thiophene rings is 1. The monoisotopic (exact) mass is 251 g/mol. The van der Waals surface area contributed by atoms with E-state index in [0.29, 0.717) is 11.5 Å². The molecular formula is C15H25NS. The zero-order valence-electron chi connectivity index (χ0n) is 11.5. The summed E-state index contributed by atoms with van der Waals surface area (Å²) < 4.78 is 0. The summed E-state index contributed by atoms with van der Waals surface area (Å²) in [5, 5.41) is 5.81. The molecule has 0 aliphatic heterocycles. The highest BCUT2D eigenvalue weighted by atomic mass is 32.1. The molecule has 2 atom stereocenters. The molecule has 96 valence electrons. The van der Waals surface area contributed by atoms with Crippen molar-refractivity contribution in [3.8, 4) is 0 Å². The highest BCUT2D eigenvalue weighted by Crippen LogP contribution is 2.47. The van der Waals surface area contributed by atoms with Crippen molar-refractivity contribution >= 4 is 11.3 Å². The highest BCUT2D eigenvalue weighted by molar-refractivity contribution is 7.10. The number of nitrogens with one attached hydrogen (secondary N) is 1. The molecule has 1 nitrogen and oxygen atoms in total. The fourth-order valence-electron chi connectivity index (χ4n) is 3.36. The van der Waals surface area contributed by atoms with Crippen LogP contribution in [0, 0.1) is 18.3 Å². The Balaban J connectivity index is 2.26. The summed E-state index contributed by atoms with van der Waals surface area (Å²) in [4.78, 5) is 1.55. The van der Waals surface area contributed by atoms with Gasteiger partial charge in [-0.15, -0.1) is 11.3 Å². The van der Waals surface area contributed by atoms with Gasteiger partial charge in [-0.1, -0.05) is 26.7 Å². The van der Waals surface area contributed by atoms with Gasteiger partial charge >= 0.3 is 0 Å². The Labute approximate surface area is 110 Å². The van der Waals surface area contributed by atoms with Crippen LogP contribution in [0.2, 0.25) is 0 Å². The van der Waals surface area contributed by atoms with E-state index in [1.54, 1.807) is 4.88 Å². The highest BCUT2D eigenvalue weighted by Gasteiger charge is 2.38. The zero-order valence-corrected chi connectivity index (χ0v) is 12.4. The van der Waals surface area contributed by atoms with Crippen molar-refractivity contribution in [1.82, 2.24) is 5.32 Å². The van der Waals surface area contributed by atoms with E-state index in [4.69, 9.17) is 0 Å². The third-order valence-corrected chi connectivity index (χ3v) is 5.59. The van der Waals surface area contributed by atoms with Crippen LogP contribution in [0.5, 0.6) is 0 Å². The molecule has 1 fully saturated rings. The molecule has 1 saturated carbocycles. The second kappa shape index (κ2) is 5.11. The molecule has 0 saturated heterocycles. The van der Waals surface area contributed by atoms with E-state index >= 15 is 0 Å². The van der Waals surface area contributed by atoms with Gasteiger partial charge in [0.25, 0.3) is 0 Å². The van der Waals surface area contributed by atoms with E-state index in [1.807, 2.05) is 11.3 Å². The molecule has 0 radical (unpaired) electrons. The zero-order chi connectivity index (χ0) is 12.5. The second-order valence-electron chi connectivity index (χ2n) is 6.08. The van der Waals surface area contributed by atoms with Gasteiger partial charge in [0.15, 0.2) is 0 Å². The summed E-state index contributed by atoms with van der Waals surface area (Å²) in [5.74, 6) is 0.776. The van der Waals surface area contributed by atoms with E-state index < -0.39 is 0 Å². The maximum absolute atomic E-state index is 3.58. The molecular weight excluding hydrogens is 226 g/mol. The van der Waals surface area contributed by atoms with Gasteiger partial charge in [0.1, 0.15) is 0 Å². The first kappa shape index (κ1) is 13.1. The molecule has 2 heteroatoms. The summed E-state index contributed by atoms with van der Waals surface area (Å²) in [6.07, 6.45) is 5.55. The summed E-state index contributed by atoms with van der Waals surface area (Å²) in [5.41, 5.74) is 1.93. The lowest BCUT2D eigenvalue weighted by Crippen LogP contribution is -2.37. The molecule has 1 aromatic rings. The van der Waals surface area contributed by atoms with E-state index in [9.17, 15) is 0 Å². The normalized spacial score (nSPS) is 25.8. The molecule has 17 heavy (non-hydrogen) atoms. The largest absolute Gasteiger partial charge is 0.312 e. The molecule has 1 aromatic heterocycles. The number of aryl methyl sites for hydroxylation is 1. The van der Waals surface area contributed by atoms with Crippen molar-refractivity contribution in [2.24, 2.45) is 11.3 Å². The second-order valence-corrected chi connectivity index (χ2v) is 7.02. The first-order chi connectivity index (χ1) is 8.06. The Kier molecular flexibility index (Phi) is 3.94. The minimum Gasteiger partial charge on any atom is -0.312 e. The molecule has 0 bridgehead atoms. The average Bonchev–Trinajstić information content (AvgIpc) is 2.68. The summed E-state index contributed by atoms with van der Waals surface area (Å²) in [6, 6.07) is 2.80. The van der Waals surface area contributed by atoms with Gasteiger partial charge in [0.05, 0.1) is 0 Å². The van der Waals surface area contributed by atoms with E-state index in [1.165, 1.54) is 31.2 Å². The van der Waals surface area contributed by atoms with Crippen molar-refractivity contribution in [3.05, 3.63) is 21.9 Å². The number of hydrogen-bond donors (Lipinski definition) is 1. The van der Waals surface area contributed by atoms with E-state index in [0.717, 1.165) is 5.92 Å². The average molecular weight is 251 g/mol. The maximum atomic E-state index is 3.58. The van der Waals surface area contributed by atoms with Gasteiger partial charge in [0.2, 0.25) is 0 Å². The third kappa shape index (κ3) is 2.58. The fraction of sp³-hybridized carbons (Fsp3) is 0.733. The molecule has 2 rings (SSSR count). The van der Waals surface area contributed by atoms with E-state index in [-0.39, 0.29) is 0 Å². The Morgan fingerprint density at radius 3 is 2.71 bits per heavy atom. The molecule has 0 amide bonds. The Hall–Kier alpha value is -0.340. The van der Waals surface area contributed by atoms with Crippen molar-refractivity contribution in [2.45, 2.75) is 52.5 Å². The lowest BCUT2D eigenvalue weighted by Gasteiger charge is -2.43. The predicted molar refractivity (Wildman–Crippen MR) is 76.6 cm³/mol. The van der Waals surface area contributed by atoms with Gasteiger partial charge < -0.3 is 5.32 Å². The van der Waals surface area contributed by atoms with Crippen molar-refractivity contribution in [3.63, 3.8) is 0 Å². The Morgan fingerprint density at radius 2 is 2.18 bits per heavy atom. The van der Waals surface area contributed by atoms with Crippen LogP contribution in [0.3, 0.4) is 0 Å². The van der Waals surface area contributed by atoms with Gasteiger partial charge in [-0.05, 0) is 55.2 Å². The van der Waals surface area contributed by atoms with Crippen LogP contribution in [-0.2, 0) is 0 Å². The minimum atomic E-state index is 0.475. The van der Waals surface area contributed by atoms with Crippen LogP contribution in [0.25, 0.3) is 0 Å². The van der Waals surface area contributed by atoms with Crippen LogP contribution >= 0.6 is 11.3 Å². The van der Waals surface area contributed by atoms with Crippen molar-refractivity contribution < 1.29 is 0 Å². The Bertz CT molecular complexity index is 367. The smallest absolute Gasteiger partial charge is 0.0448 e. The topological polar surface area (TPSA) is 12.0 Å². The molecule has 2 unspecified atom stereocenters. The van der Waals surface area contributed by atoms with Gasteiger partial charge in [-0.2, -0.15) is 0 Å². The summed E-state index contributed by atoms with van der Waals surface area (Å²) in [7, 11) is 2.12. The van der Waals surface area contributed by atoms with Crippen LogP contribution in [0.1, 0.15) is 56.0 Å². The molecule has 0 spiro atoms. The Morgan fingerprint density at radius 1 is 1.41 bits per heavy atom. The lowest BCUT2D eigenvalue weighted by atomic mass is 9.65. The first-order valence-electron chi connectivity index (χ1n) is 6.77. The molecule has 0 aromatic carbocycles. The quantitative estimate of drug-likeness (QED) is 0.832. The molecule has 1 aliphatic carbocycles. The van der Waals surface area contributed by atoms with Gasteiger partial charge in [0, 0.05) is 10.9 Å². The number of hydrogen-bond acceptors (Lipinski definition) is 2. The molecule has 1 heterocycles. The first-order valence-corrected chi connectivity index (χ1v) is 7.65. The summed E-state index contributed by atoms with van der Waals surface area (Å²) >= 11 is 1.91. The predicted octanol–water partition coefficient (Wildman–Crippen LogP) is 4.53. The fourth-order valence-corrected chi connectivity index (χ4v) is 4.46. The standard InChI is InChI=1S/C15H25NS/c1-11-8-10-17-14(11)13(16-4)12-7-5-6-9-15(12,2)3/h8,10,12-13,16H,5-7,9H2,1-4H3.